The summed E-state index contributed by atoms with van der Waals surface area (Å²) in [6, 6.07) is 4.54. The smallest absolute Gasteiger partial charge is 0.338 e. The summed E-state index contributed by atoms with van der Waals surface area (Å²) in [5.41, 5.74) is 0.586. The molecule has 4 amide bonds. The van der Waals surface area contributed by atoms with E-state index < -0.39 is 23.9 Å². The van der Waals surface area contributed by atoms with Gasteiger partial charge in [0.1, 0.15) is 5.82 Å². The molecule has 0 radical (unpaired) electrons. The largest absolute Gasteiger partial charge is 0.463 e. The highest BCUT2D eigenvalue weighted by molar-refractivity contribution is 5.95. The summed E-state index contributed by atoms with van der Waals surface area (Å²) in [4.78, 5) is 44.4. The molecule has 2 heterocycles. The van der Waals surface area contributed by atoms with Crippen molar-refractivity contribution in [3.05, 3.63) is 46.9 Å². The molecule has 0 bridgehead atoms. The average molecular weight is 504 g/mol. The standard InChI is InChI=1S/C26H38FN5O4/c1-7-31-20(16-30-13-14-32(17(3)15-30)25(35)29-26(4,5)6)21(23(33)36-8-2)22(28-24(31)34)18-11-9-10-12-19(18)27/h9-12,17,22H,7-8,13-16H2,1-6H3,(H,28,34)(H,29,35)/t17-,22-/m0/s1. The molecule has 2 N–H and O–H groups in total. The maximum atomic E-state index is 14.8. The highest BCUT2D eigenvalue weighted by Gasteiger charge is 2.40. The summed E-state index contributed by atoms with van der Waals surface area (Å²) in [5, 5.41) is 5.80. The van der Waals surface area contributed by atoms with E-state index in [2.05, 4.69) is 15.5 Å². The first-order chi connectivity index (χ1) is 17.0. The van der Waals surface area contributed by atoms with E-state index in [1.807, 2.05) is 34.6 Å². The van der Waals surface area contributed by atoms with Crippen LogP contribution in [0.5, 0.6) is 0 Å². The molecule has 1 aromatic rings. The van der Waals surface area contributed by atoms with Gasteiger partial charge in [0, 0.05) is 55.6 Å². The third kappa shape index (κ3) is 6.16. The van der Waals surface area contributed by atoms with Crippen molar-refractivity contribution in [1.29, 1.82) is 0 Å². The number of nitrogens with one attached hydrogen (secondary N) is 2. The lowest BCUT2D eigenvalue weighted by Crippen LogP contribution is -2.59. The molecule has 0 aromatic heterocycles. The minimum atomic E-state index is -0.966. The minimum Gasteiger partial charge on any atom is -0.463 e. The number of hydrogen-bond acceptors (Lipinski definition) is 5. The molecule has 36 heavy (non-hydrogen) atoms. The molecule has 0 unspecified atom stereocenters. The summed E-state index contributed by atoms with van der Waals surface area (Å²) < 4.78 is 20.1. The number of esters is 1. The Morgan fingerprint density at radius 1 is 1.19 bits per heavy atom. The molecule has 198 valence electrons. The third-order valence-corrected chi connectivity index (χ3v) is 6.29. The Labute approximate surface area is 212 Å². The van der Waals surface area contributed by atoms with Crippen LogP contribution in [-0.4, -0.2) is 83.6 Å². The summed E-state index contributed by atoms with van der Waals surface area (Å²) in [5.74, 6) is -1.10. The van der Waals surface area contributed by atoms with Gasteiger partial charge in [-0.05, 0) is 47.6 Å². The van der Waals surface area contributed by atoms with Gasteiger partial charge >= 0.3 is 18.0 Å². The van der Waals surface area contributed by atoms with E-state index in [9.17, 15) is 18.8 Å². The van der Waals surface area contributed by atoms with Crippen molar-refractivity contribution in [2.24, 2.45) is 0 Å². The first-order valence-electron chi connectivity index (χ1n) is 12.5. The van der Waals surface area contributed by atoms with Crippen molar-refractivity contribution in [2.45, 2.75) is 59.2 Å². The van der Waals surface area contributed by atoms with Crippen LogP contribution < -0.4 is 10.6 Å². The lowest BCUT2D eigenvalue weighted by Gasteiger charge is -2.43. The number of nitrogens with zero attached hydrogens (tertiary/aromatic N) is 3. The number of benzene rings is 1. The number of urea groups is 2. The molecule has 0 aliphatic carbocycles. The van der Waals surface area contributed by atoms with Gasteiger partial charge in [0.2, 0.25) is 0 Å². The van der Waals surface area contributed by atoms with Gasteiger partial charge < -0.3 is 20.3 Å². The molecule has 1 aromatic carbocycles. The molecule has 10 heteroatoms. The molecule has 1 fully saturated rings. The number of piperazine rings is 1. The highest BCUT2D eigenvalue weighted by atomic mass is 19.1. The Morgan fingerprint density at radius 3 is 2.47 bits per heavy atom. The zero-order valence-corrected chi connectivity index (χ0v) is 22.1. The van der Waals surface area contributed by atoms with Gasteiger partial charge in [-0.25, -0.2) is 18.8 Å². The Kier molecular flexibility index (Phi) is 8.60. The van der Waals surface area contributed by atoms with E-state index in [0.29, 0.717) is 38.4 Å². The maximum Gasteiger partial charge on any atom is 0.338 e. The molecule has 0 saturated carbocycles. The van der Waals surface area contributed by atoms with Gasteiger partial charge in [0.25, 0.3) is 0 Å². The summed E-state index contributed by atoms with van der Waals surface area (Å²) in [6.07, 6.45) is 0. The number of amides is 4. The van der Waals surface area contributed by atoms with E-state index in [1.165, 1.54) is 11.0 Å². The highest BCUT2D eigenvalue weighted by Crippen LogP contribution is 2.33. The van der Waals surface area contributed by atoms with Gasteiger partial charge in [-0.2, -0.15) is 0 Å². The van der Waals surface area contributed by atoms with Crippen LogP contribution in [0.15, 0.2) is 35.5 Å². The second kappa shape index (κ2) is 11.3. The van der Waals surface area contributed by atoms with Crippen molar-refractivity contribution in [2.75, 3.05) is 39.3 Å². The van der Waals surface area contributed by atoms with Crippen LogP contribution >= 0.6 is 0 Å². The summed E-state index contributed by atoms with van der Waals surface area (Å²) in [6.45, 7) is 13.7. The van der Waals surface area contributed by atoms with Crippen molar-refractivity contribution in [1.82, 2.24) is 25.3 Å². The van der Waals surface area contributed by atoms with E-state index >= 15 is 0 Å². The van der Waals surface area contributed by atoms with Crippen LogP contribution in [0.25, 0.3) is 0 Å². The molecule has 1 saturated heterocycles. The first kappa shape index (κ1) is 27.4. The lowest BCUT2D eigenvalue weighted by atomic mass is 9.93. The van der Waals surface area contributed by atoms with E-state index in [0.717, 1.165) is 0 Å². The van der Waals surface area contributed by atoms with E-state index in [4.69, 9.17) is 4.74 Å². The normalized spacial score (nSPS) is 21.4. The number of carbonyl (C=O) groups excluding carboxylic acids is 3. The Balaban J connectivity index is 1.94. The number of rotatable bonds is 6. The fourth-order valence-electron chi connectivity index (χ4n) is 4.68. The second-order valence-corrected chi connectivity index (χ2v) is 10.2. The van der Waals surface area contributed by atoms with Gasteiger partial charge in [-0.1, -0.05) is 18.2 Å². The maximum absolute atomic E-state index is 14.8. The quantitative estimate of drug-likeness (QED) is 0.582. The fraction of sp³-hybridized carbons (Fsp3) is 0.577. The molecule has 3 rings (SSSR count). The summed E-state index contributed by atoms with van der Waals surface area (Å²) in [7, 11) is 0. The Hall–Kier alpha value is -3.14. The van der Waals surface area contributed by atoms with Gasteiger partial charge in [-0.15, -0.1) is 0 Å². The van der Waals surface area contributed by atoms with Gasteiger partial charge in [0.15, 0.2) is 0 Å². The molecule has 0 spiro atoms. The van der Waals surface area contributed by atoms with Gasteiger partial charge in [-0.3, -0.25) is 9.80 Å². The number of halogens is 1. The zero-order chi connectivity index (χ0) is 26.6. The lowest BCUT2D eigenvalue weighted by molar-refractivity contribution is -0.139. The van der Waals surface area contributed by atoms with Crippen LogP contribution in [0.3, 0.4) is 0 Å². The molecule has 2 atom stereocenters. The van der Waals surface area contributed by atoms with Crippen LogP contribution in [-0.2, 0) is 9.53 Å². The third-order valence-electron chi connectivity index (χ3n) is 6.29. The van der Waals surface area contributed by atoms with Crippen LogP contribution in [0, 0.1) is 5.82 Å². The number of hydrogen-bond donors (Lipinski definition) is 2. The van der Waals surface area contributed by atoms with Crippen LogP contribution in [0.1, 0.15) is 53.1 Å². The summed E-state index contributed by atoms with van der Waals surface area (Å²) >= 11 is 0. The zero-order valence-electron chi connectivity index (χ0n) is 22.1. The SMILES string of the molecule is CCOC(=O)C1=C(CN2CCN(C(=O)NC(C)(C)C)[C@@H](C)C2)N(CC)C(=O)N[C@H]1c1ccccc1F. The van der Waals surface area contributed by atoms with Gasteiger partial charge in [0.05, 0.1) is 18.2 Å². The van der Waals surface area contributed by atoms with Crippen LogP contribution in [0.4, 0.5) is 14.0 Å². The average Bonchev–Trinajstić information content (AvgIpc) is 2.78. The number of carbonyl (C=O) groups is 3. The predicted molar refractivity (Wildman–Crippen MR) is 135 cm³/mol. The minimum absolute atomic E-state index is 0.0809. The monoisotopic (exact) mass is 503 g/mol. The molecule has 2 aliphatic heterocycles. The van der Waals surface area contributed by atoms with E-state index in [1.54, 1.807) is 30.0 Å². The predicted octanol–water partition coefficient (Wildman–Crippen LogP) is 3.24. The number of ether oxygens (including phenoxy) is 1. The Morgan fingerprint density at radius 2 is 1.89 bits per heavy atom. The topological polar surface area (TPSA) is 94.2 Å². The van der Waals surface area contributed by atoms with Crippen molar-refractivity contribution < 1.29 is 23.5 Å². The first-order valence-corrected chi connectivity index (χ1v) is 12.5. The van der Waals surface area contributed by atoms with Crippen molar-refractivity contribution in [3.63, 3.8) is 0 Å². The van der Waals surface area contributed by atoms with E-state index in [-0.39, 0.29) is 35.4 Å². The fourth-order valence-corrected chi connectivity index (χ4v) is 4.68. The van der Waals surface area contributed by atoms with Crippen molar-refractivity contribution in [3.8, 4) is 0 Å². The van der Waals surface area contributed by atoms with Crippen LogP contribution in [0.2, 0.25) is 0 Å². The molecule has 2 aliphatic rings. The molecular weight excluding hydrogens is 465 g/mol. The number of likely N-dealkylation sites (N-methyl/N-ethyl adjacent to an activating group) is 1. The molecule has 9 nitrogen and oxygen atoms in total. The Bertz CT molecular complexity index is 1020. The van der Waals surface area contributed by atoms with Crippen molar-refractivity contribution >= 4 is 18.0 Å². The second-order valence-electron chi connectivity index (χ2n) is 10.2. The molecular formula is C26H38FN5O4.